The van der Waals surface area contributed by atoms with Crippen molar-refractivity contribution in [1.29, 1.82) is 0 Å². The zero-order chi connectivity index (χ0) is 21.3. The largest absolute Gasteiger partial charge is 0.494 e. The maximum atomic E-state index is 13.0. The number of aliphatic hydroxyl groups excluding tert-OH is 1. The maximum Gasteiger partial charge on any atom is 0.296 e. The van der Waals surface area contributed by atoms with Crippen LogP contribution in [0.2, 0.25) is 5.15 Å². The number of pyridine rings is 2. The van der Waals surface area contributed by atoms with Gasteiger partial charge in [0.15, 0.2) is 0 Å². The summed E-state index contributed by atoms with van der Waals surface area (Å²) in [6.07, 6.45) is 3.75. The van der Waals surface area contributed by atoms with Gasteiger partial charge in [0.1, 0.15) is 17.0 Å². The Balaban J connectivity index is 1.60. The van der Waals surface area contributed by atoms with E-state index in [1.54, 1.807) is 25.3 Å². The van der Waals surface area contributed by atoms with Crippen molar-refractivity contribution in [1.82, 2.24) is 20.2 Å². The number of aliphatic hydroxyl groups is 1. The second kappa shape index (κ2) is 8.50. The summed E-state index contributed by atoms with van der Waals surface area (Å²) in [7, 11) is 1.52. The molecule has 9 nitrogen and oxygen atoms in total. The lowest BCUT2D eigenvalue weighted by atomic mass is 9.92. The van der Waals surface area contributed by atoms with Crippen LogP contribution in [0.3, 0.4) is 0 Å². The number of hydrogen-bond acceptors (Lipinski definition) is 9. The Morgan fingerprint density at radius 3 is 2.83 bits per heavy atom. The van der Waals surface area contributed by atoms with Crippen molar-refractivity contribution < 1.29 is 19.4 Å². The summed E-state index contributed by atoms with van der Waals surface area (Å²) in [5.74, 6) is 0.0419. The fourth-order valence-corrected chi connectivity index (χ4v) is 3.93. The highest BCUT2D eigenvalue weighted by Crippen LogP contribution is 2.36. The average molecular weight is 448 g/mol. The van der Waals surface area contributed by atoms with Crippen LogP contribution in [-0.4, -0.2) is 50.5 Å². The average Bonchev–Trinajstić information content (AvgIpc) is 3.13. The molecule has 30 heavy (non-hydrogen) atoms. The number of rotatable bonds is 6. The molecule has 0 saturated heterocycles. The minimum Gasteiger partial charge on any atom is -0.494 e. The van der Waals surface area contributed by atoms with Gasteiger partial charge in [0, 0.05) is 30.8 Å². The minimum absolute atomic E-state index is 0.0786. The third kappa shape index (κ3) is 4.20. The molecule has 3 aromatic heterocycles. The molecule has 0 atom stereocenters. The van der Waals surface area contributed by atoms with Crippen LogP contribution in [0.4, 0.5) is 5.13 Å². The number of amides is 1. The monoisotopic (exact) mass is 447 g/mol. The quantitative estimate of drug-likeness (QED) is 0.553. The molecular weight excluding hydrogens is 430 g/mol. The van der Waals surface area contributed by atoms with Gasteiger partial charge >= 0.3 is 0 Å². The molecule has 0 radical (unpaired) electrons. The van der Waals surface area contributed by atoms with Crippen molar-refractivity contribution in [3.8, 4) is 22.1 Å². The fourth-order valence-electron chi connectivity index (χ4n) is 3.10. The van der Waals surface area contributed by atoms with Crippen LogP contribution >= 0.6 is 22.9 Å². The lowest BCUT2D eigenvalue weighted by Crippen LogP contribution is -2.37. The van der Waals surface area contributed by atoms with Crippen molar-refractivity contribution in [2.75, 3.05) is 12.4 Å². The summed E-state index contributed by atoms with van der Waals surface area (Å²) in [6.45, 7) is 1.79. The Kier molecular flexibility index (Phi) is 5.80. The molecule has 156 valence electrons. The van der Waals surface area contributed by atoms with Gasteiger partial charge in [-0.3, -0.25) is 15.1 Å². The van der Waals surface area contributed by atoms with Crippen molar-refractivity contribution >= 4 is 34.0 Å². The van der Waals surface area contributed by atoms with E-state index in [1.807, 2.05) is 0 Å². The lowest BCUT2D eigenvalue weighted by Gasteiger charge is -2.30. The van der Waals surface area contributed by atoms with Gasteiger partial charge in [-0.05, 0) is 36.0 Å². The van der Waals surface area contributed by atoms with Gasteiger partial charge in [-0.25, -0.2) is 4.98 Å². The number of carbonyl (C=O) groups excluding carboxylic acids is 1. The summed E-state index contributed by atoms with van der Waals surface area (Å²) >= 11 is 7.16. The third-order valence-electron chi connectivity index (χ3n) is 4.64. The van der Waals surface area contributed by atoms with E-state index in [0.717, 1.165) is 11.3 Å². The highest BCUT2D eigenvalue weighted by molar-refractivity contribution is 7.17. The maximum absolute atomic E-state index is 13.0. The molecule has 0 aromatic carbocycles. The van der Waals surface area contributed by atoms with Crippen molar-refractivity contribution in [2.45, 2.75) is 32.0 Å². The number of hydrogen-bond donors (Lipinski definition) is 2. The highest BCUT2D eigenvalue weighted by Gasteiger charge is 2.30. The van der Waals surface area contributed by atoms with E-state index in [2.05, 4.69) is 25.5 Å². The van der Waals surface area contributed by atoms with Gasteiger partial charge in [0.05, 0.1) is 24.5 Å². The normalized spacial score (nSPS) is 17.9. The number of nitrogens with zero attached hydrogens (tertiary/aromatic N) is 4. The van der Waals surface area contributed by atoms with E-state index in [-0.39, 0.29) is 17.3 Å². The molecule has 2 N–H and O–H groups in total. The van der Waals surface area contributed by atoms with E-state index >= 15 is 0 Å². The third-order valence-corrected chi connectivity index (χ3v) is 5.58. The second-order valence-electron chi connectivity index (χ2n) is 6.73. The molecule has 0 aliphatic heterocycles. The zero-order valence-electron chi connectivity index (χ0n) is 16.1. The van der Waals surface area contributed by atoms with Crippen LogP contribution in [0.15, 0.2) is 24.5 Å². The Labute approximate surface area is 181 Å². The van der Waals surface area contributed by atoms with Crippen LogP contribution in [0.1, 0.15) is 28.9 Å². The van der Waals surface area contributed by atoms with Gasteiger partial charge in [-0.2, -0.15) is 0 Å². The fraction of sp³-hybridized carbons (Fsp3) is 0.316. The molecule has 4 rings (SSSR count). The summed E-state index contributed by atoms with van der Waals surface area (Å²) in [4.78, 5) is 21.3. The van der Waals surface area contributed by atoms with E-state index in [1.165, 1.54) is 13.3 Å². The standard InChI is InChI=1S/C19H18ClN5O4S/c1-9-16(28-2)15(10-3-4-21-14(20)5-10)13(8-22-9)17(27)23-18-24-25-19(30-18)29-12-6-11(26)7-12/h3-5,8,11-12,26H,6-7H2,1-2H3,(H,23,24,27). The van der Waals surface area contributed by atoms with Gasteiger partial charge in [-0.15, -0.1) is 5.10 Å². The number of aromatic nitrogens is 4. The summed E-state index contributed by atoms with van der Waals surface area (Å²) in [5.41, 5.74) is 2.15. The predicted molar refractivity (Wildman–Crippen MR) is 111 cm³/mol. The Hall–Kier alpha value is -2.82. The molecule has 1 aliphatic rings. The molecule has 3 aromatic rings. The molecule has 1 amide bonds. The number of nitrogens with one attached hydrogen (secondary N) is 1. The summed E-state index contributed by atoms with van der Waals surface area (Å²) < 4.78 is 11.1. The van der Waals surface area contributed by atoms with Gasteiger partial charge in [-0.1, -0.05) is 16.7 Å². The number of anilines is 1. The zero-order valence-corrected chi connectivity index (χ0v) is 17.7. The van der Waals surface area contributed by atoms with Crippen molar-refractivity contribution in [3.05, 3.63) is 40.9 Å². The van der Waals surface area contributed by atoms with Crippen LogP contribution in [0.25, 0.3) is 11.1 Å². The van der Waals surface area contributed by atoms with Crippen LogP contribution in [0, 0.1) is 6.92 Å². The molecule has 0 spiro atoms. The molecule has 3 heterocycles. The van der Waals surface area contributed by atoms with Crippen LogP contribution in [0.5, 0.6) is 10.9 Å². The van der Waals surface area contributed by atoms with Gasteiger partial charge < -0.3 is 14.6 Å². The first-order valence-electron chi connectivity index (χ1n) is 9.09. The molecular formula is C19H18ClN5O4S. The first-order valence-corrected chi connectivity index (χ1v) is 10.3. The molecule has 11 heteroatoms. The van der Waals surface area contributed by atoms with E-state index < -0.39 is 5.91 Å². The Bertz CT molecular complexity index is 1090. The number of aryl methyl sites for hydroxylation is 1. The summed E-state index contributed by atoms with van der Waals surface area (Å²) in [5, 5.41) is 20.9. The van der Waals surface area contributed by atoms with Gasteiger partial charge in [0.2, 0.25) is 5.13 Å². The molecule has 1 saturated carbocycles. The van der Waals surface area contributed by atoms with E-state index in [0.29, 0.717) is 51.3 Å². The molecule has 1 fully saturated rings. The first-order chi connectivity index (χ1) is 14.4. The van der Waals surface area contributed by atoms with Gasteiger partial charge in [0.25, 0.3) is 11.1 Å². The first kappa shape index (κ1) is 20.5. The smallest absolute Gasteiger partial charge is 0.296 e. The number of ether oxygens (including phenoxy) is 2. The predicted octanol–water partition coefficient (Wildman–Crippen LogP) is 3.12. The van der Waals surface area contributed by atoms with E-state index in [4.69, 9.17) is 21.1 Å². The second-order valence-corrected chi connectivity index (χ2v) is 8.05. The SMILES string of the molecule is COc1c(C)ncc(C(=O)Nc2nnc(OC3CC(O)C3)s2)c1-c1ccnc(Cl)c1. The number of halogens is 1. The van der Waals surface area contributed by atoms with E-state index in [9.17, 15) is 9.90 Å². The highest BCUT2D eigenvalue weighted by atomic mass is 35.5. The molecule has 0 unspecified atom stereocenters. The molecule has 0 bridgehead atoms. The lowest BCUT2D eigenvalue weighted by molar-refractivity contribution is -0.0111. The summed E-state index contributed by atoms with van der Waals surface area (Å²) in [6, 6.07) is 3.39. The Morgan fingerprint density at radius 2 is 2.13 bits per heavy atom. The van der Waals surface area contributed by atoms with Crippen LogP contribution < -0.4 is 14.8 Å². The molecule has 1 aliphatic carbocycles. The van der Waals surface area contributed by atoms with Crippen LogP contribution in [-0.2, 0) is 0 Å². The Morgan fingerprint density at radius 1 is 1.33 bits per heavy atom. The number of carbonyl (C=O) groups is 1. The topological polar surface area (TPSA) is 119 Å². The van der Waals surface area contributed by atoms with Crippen molar-refractivity contribution in [3.63, 3.8) is 0 Å². The minimum atomic E-state index is -0.425. The van der Waals surface area contributed by atoms with Crippen molar-refractivity contribution in [2.24, 2.45) is 0 Å². The number of methoxy groups -OCH3 is 1.